The molecular weight excluding hydrogens is 333 g/mol. The highest BCUT2D eigenvalue weighted by Crippen LogP contribution is 2.34. The van der Waals surface area contributed by atoms with E-state index < -0.39 is 23.5 Å². The summed E-state index contributed by atoms with van der Waals surface area (Å²) in [6, 6.07) is 5.47. The molecule has 2 rings (SSSR count). The van der Waals surface area contributed by atoms with Crippen molar-refractivity contribution < 1.29 is 14.3 Å². The van der Waals surface area contributed by atoms with Crippen molar-refractivity contribution in [2.24, 2.45) is 0 Å². The molecule has 0 fully saturated rings. The molecule has 1 unspecified atom stereocenters. The summed E-state index contributed by atoms with van der Waals surface area (Å²) in [7, 11) is 0. The molecule has 1 heterocycles. The van der Waals surface area contributed by atoms with Crippen LogP contribution < -0.4 is 5.73 Å². The minimum atomic E-state index is -1.03. The molecule has 0 saturated heterocycles. The van der Waals surface area contributed by atoms with Crippen molar-refractivity contribution in [3.05, 3.63) is 60.7 Å². The Hall–Kier alpha value is -2.89. The van der Waals surface area contributed by atoms with Crippen LogP contribution in [0.3, 0.4) is 0 Å². The van der Waals surface area contributed by atoms with Gasteiger partial charge < -0.3 is 10.8 Å². The van der Waals surface area contributed by atoms with Gasteiger partial charge in [0.05, 0.1) is 6.04 Å². The van der Waals surface area contributed by atoms with E-state index in [2.05, 4.69) is 11.6 Å². The van der Waals surface area contributed by atoms with Crippen LogP contribution in [0.15, 0.2) is 49.3 Å². The SMILES string of the molecule is C=CCC(c1cncc(-c2cc(F)ccc2N)c1)N(C(=O)O)C(C)(C)C. The maximum absolute atomic E-state index is 13.6. The normalized spacial score (nSPS) is 12.5. The predicted octanol–water partition coefficient (Wildman–Crippen LogP) is 4.87. The second-order valence-electron chi connectivity index (χ2n) is 7.10. The second kappa shape index (κ2) is 7.56. The number of aromatic nitrogens is 1. The number of carboxylic acid groups (broad SMARTS) is 1. The molecular formula is C20H24FN3O2. The predicted molar refractivity (Wildman–Crippen MR) is 101 cm³/mol. The van der Waals surface area contributed by atoms with Crippen LogP contribution in [0, 0.1) is 5.82 Å². The van der Waals surface area contributed by atoms with Gasteiger partial charge in [-0.25, -0.2) is 9.18 Å². The first kappa shape index (κ1) is 19.4. The average Bonchev–Trinajstić information content (AvgIpc) is 2.55. The first-order chi connectivity index (χ1) is 12.1. The van der Waals surface area contributed by atoms with Crippen molar-refractivity contribution in [2.45, 2.75) is 38.8 Å². The highest BCUT2D eigenvalue weighted by atomic mass is 19.1. The molecule has 0 saturated carbocycles. The summed E-state index contributed by atoms with van der Waals surface area (Å²) >= 11 is 0. The van der Waals surface area contributed by atoms with Crippen LogP contribution in [-0.2, 0) is 0 Å². The third kappa shape index (κ3) is 4.20. The van der Waals surface area contributed by atoms with E-state index in [1.54, 1.807) is 24.5 Å². The number of benzene rings is 1. The Morgan fingerprint density at radius 3 is 2.65 bits per heavy atom. The topological polar surface area (TPSA) is 79.5 Å². The summed E-state index contributed by atoms with van der Waals surface area (Å²) in [5, 5.41) is 9.74. The molecule has 0 aliphatic rings. The Bertz CT molecular complexity index is 815. The molecule has 0 bridgehead atoms. The first-order valence-corrected chi connectivity index (χ1v) is 8.28. The zero-order chi connectivity index (χ0) is 19.5. The number of pyridine rings is 1. The molecule has 3 N–H and O–H groups in total. The largest absolute Gasteiger partial charge is 0.465 e. The maximum Gasteiger partial charge on any atom is 0.408 e. The van der Waals surface area contributed by atoms with Crippen molar-refractivity contribution in [3.8, 4) is 11.1 Å². The smallest absolute Gasteiger partial charge is 0.408 e. The van der Waals surface area contributed by atoms with Gasteiger partial charge in [-0.3, -0.25) is 9.88 Å². The van der Waals surface area contributed by atoms with Gasteiger partial charge in [-0.1, -0.05) is 6.08 Å². The third-order valence-electron chi connectivity index (χ3n) is 4.10. The van der Waals surface area contributed by atoms with Gasteiger partial charge in [0.15, 0.2) is 0 Å². The lowest BCUT2D eigenvalue weighted by atomic mass is 9.95. The van der Waals surface area contributed by atoms with E-state index in [0.717, 1.165) is 0 Å². The summed E-state index contributed by atoms with van der Waals surface area (Å²) in [5.41, 5.74) is 7.63. The minimum absolute atomic E-state index is 0.399. The summed E-state index contributed by atoms with van der Waals surface area (Å²) in [6.07, 6.45) is 4.28. The highest BCUT2D eigenvalue weighted by Gasteiger charge is 2.33. The summed E-state index contributed by atoms with van der Waals surface area (Å²) in [4.78, 5) is 17.5. The number of rotatable bonds is 5. The second-order valence-corrected chi connectivity index (χ2v) is 7.10. The van der Waals surface area contributed by atoms with Crippen LogP contribution in [0.25, 0.3) is 11.1 Å². The van der Waals surface area contributed by atoms with Crippen molar-refractivity contribution in [2.75, 3.05) is 5.73 Å². The fourth-order valence-electron chi connectivity index (χ4n) is 3.00. The molecule has 0 aliphatic heterocycles. The van der Waals surface area contributed by atoms with E-state index >= 15 is 0 Å². The number of amides is 1. The number of nitrogens with zero attached hydrogens (tertiary/aromatic N) is 2. The molecule has 5 nitrogen and oxygen atoms in total. The monoisotopic (exact) mass is 357 g/mol. The number of hydrogen-bond donors (Lipinski definition) is 2. The van der Waals surface area contributed by atoms with E-state index in [1.165, 1.54) is 23.1 Å². The third-order valence-corrected chi connectivity index (χ3v) is 4.10. The fraction of sp³-hybridized carbons (Fsp3) is 0.300. The lowest BCUT2D eigenvalue weighted by Crippen LogP contribution is -2.47. The van der Waals surface area contributed by atoms with Gasteiger partial charge in [0.25, 0.3) is 0 Å². The summed E-state index contributed by atoms with van der Waals surface area (Å²) in [6.45, 7) is 9.24. The van der Waals surface area contributed by atoms with Gasteiger partial charge in [-0.2, -0.15) is 0 Å². The van der Waals surface area contributed by atoms with Crippen molar-refractivity contribution in [3.63, 3.8) is 0 Å². The van der Waals surface area contributed by atoms with Gasteiger partial charge in [0.1, 0.15) is 5.82 Å². The van der Waals surface area contributed by atoms with Crippen LogP contribution >= 0.6 is 0 Å². The van der Waals surface area contributed by atoms with Crippen LogP contribution in [-0.4, -0.2) is 26.6 Å². The minimum Gasteiger partial charge on any atom is -0.465 e. The molecule has 0 spiro atoms. The number of halogens is 1. The van der Waals surface area contributed by atoms with Crippen LogP contribution in [0.2, 0.25) is 0 Å². The van der Waals surface area contributed by atoms with Crippen LogP contribution in [0.1, 0.15) is 38.8 Å². The maximum atomic E-state index is 13.6. The Morgan fingerprint density at radius 1 is 1.38 bits per heavy atom. The van der Waals surface area contributed by atoms with Crippen molar-refractivity contribution in [1.82, 2.24) is 9.88 Å². The Balaban J connectivity index is 2.56. The molecule has 26 heavy (non-hydrogen) atoms. The molecule has 1 aromatic carbocycles. The Labute approximate surface area is 153 Å². The Kier molecular flexibility index (Phi) is 5.65. The molecule has 1 aromatic heterocycles. The molecule has 6 heteroatoms. The van der Waals surface area contributed by atoms with E-state index in [1.807, 2.05) is 20.8 Å². The average molecular weight is 357 g/mol. The molecule has 2 aromatic rings. The van der Waals surface area contributed by atoms with Gasteiger partial charge in [0, 0.05) is 34.7 Å². The van der Waals surface area contributed by atoms with E-state index in [-0.39, 0.29) is 0 Å². The summed E-state index contributed by atoms with van der Waals surface area (Å²) < 4.78 is 13.6. The number of carbonyl (C=O) groups is 1. The number of nitrogen functional groups attached to an aromatic ring is 1. The standard InChI is InChI=1S/C20H24FN3O2/c1-5-6-18(24(19(25)26)20(2,3)4)14-9-13(11-23-12-14)16-10-15(21)7-8-17(16)22/h5,7-12,18H,1,6,22H2,2-4H3,(H,25,26). The summed E-state index contributed by atoms with van der Waals surface area (Å²) in [5.74, 6) is -0.399. The highest BCUT2D eigenvalue weighted by molar-refractivity contribution is 5.76. The van der Waals surface area contributed by atoms with Gasteiger partial charge in [-0.05, 0) is 57.0 Å². The molecule has 0 radical (unpaired) electrons. The molecule has 0 aliphatic carbocycles. The van der Waals surface area contributed by atoms with E-state index in [4.69, 9.17) is 5.73 Å². The number of anilines is 1. The fourth-order valence-corrected chi connectivity index (χ4v) is 3.00. The van der Waals surface area contributed by atoms with Gasteiger partial charge in [0.2, 0.25) is 0 Å². The Morgan fingerprint density at radius 2 is 2.08 bits per heavy atom. The zero-order valence-electron chi connectivity index (χ0n) is 15.2. The van der Waals surface area contributed by atoms with Crippen molar-refractivity contribution in [1.29, 1.82) is 0 Å². The van der Waals surface area contributed by atoms with Crippen molar-refractivity contribution >= 4 is 11.8 Å². The van der Waals surface area contributed by atoms with E-state index in [9.17, 15) is 14.3 Å². The number of nitrogens with two attached hydrogens (primary N) is 1. The van der Waals surface area contributed by atoms with Crippen LogP contribution in [0.4, 0.5) is 14.9 Å². The molecule has 1 amide bonds. The van der Waals surface area contributed by atoms with Crippen LogP contribution in [0.5, 0.6) is 0 Å². The number of hydrogen-bond acceptors (Lipinski definition) is 3. The lowest BCUT2D eigenvalue weighted by Gasteiger charge is -2.39. The quantitative estimate of drug-likeness (QED) is 0.591. The van der Waals surface area contributed by atoms with Gasteiger partial charge >= 0.3 is 6.09 Å². The van der Waals surface area contributed by atoms with E-state index in [0.29, 0.717) is 28.8 Å². The molecule has 138 valence electrons. The van der Waals surface area contributed by atoms with Gasteiger partial charge in [-0.15, -0.1) is 6.58 Å². The molecule has 1 atom stereocenters. The zero-order valence-corrected chi connectivity index (χ0v) is 15.2. The lowest BCUT2D eigenvalue weighted by molar-refractivity contribution is 0.0704. The first-order valence-electron chi connectivity index (χ1n) is 8.28.